The molecule has 1 amide bonds. The highest BCUT2D eigenvalue weighted by Gasteiger charge is 2.26. The van der Waals surface area contributed by atoms with Crippen LogP contribution in [0.3, 0.4) is 0 Å². The molecule has 0 saturated carbocycles. The third-order valence-electron chi connectivity index (χ3n) is 6.88. The summed E-state index contributed by atoms with van der Waals surface area (Å²) in [6.45, 7) is 11.4. The molecular formula is C27H37N7O3. The molecule has 10 nitrogen and oxygen atoms in total. The zero-order chi connectivity index (χ0) is 26.9. The molecule has 3 N–H and O–H groups in total. The van der Waals surface area contributed by atoms with E-state index in [1.807, 2.05) is 42.5 Å². The van der Waals surface area contributed by atoms with Crippen molar-refractivity contribution in [3.05, 3.63) is 46.8 Å². The second-order valence-electron chi connectivity index (χ2n) is 10.2. The van der Waals surface area contributed by atoms with Crippen molar-refractivity contribution in [1.29, 1.82) is 5.41 Å². The third kappa shape index (κ3) is 5.52. The highest BCUT2D eigenvalue weighted by molar-refractivity contribution is 5.99. The number of aromatic nitrogens is 4. The van der Waals surface area contributed by atoms with Gasteiger partial charge in [-0.2, -0.15) is 0 Å². The van der Waals surface area contributed by atoms with Crippen molar-refractivity contribution in [2.75, 3.05) is 13.2 Å². The number of carbonyl (C=O) groups is 2. The molecule has 0 fully saturated rings. The van der Waals surface area contributed by atoms with E-state index < -0.39 is 12.0 Å². The monoisotopic (exact) mass is 507 g/mol. The number of aromatic amines is 1. The Bertz CT molecular complexity index is 1320. The van der Waals surface area contributed by atoms with E-state index in [0.29, 0.717) is 24.4 Å². The van der Waals surface area contributed by atoms with Crippen molar-refractivity contribution in [1.82, 2.24) is 29.7 Å². The summed E-state index contributed by atoms with van der Waals surface area (Å²) >= 11 is 0. The van der Waals surface area contributed by atoms with Crippen LogP contribution in [0.4, 0.5) is 0 Å². The summed E-state index contributed by atoms with van der Waals surface area (Å²) in [4.78, 5) is 40.6. The van der Waals surface area contributed by atoms with E-state index in [1.165, 1.54) is 0 Å². The minimum atomic E-state index is -0.692. The standard InChI is InChI=1S/C27H37N7O3/c1-7-37-27(36)21(12-15(2)3)32-26(35)18-8-9-20-23(13-18)33(6)25(31-20)16(4)24-29-19-10-11-34(17(5)28)14-22(19)30-24/h8-9,13,15-16,21,28H,7,10-12,14H2,1-6H3,(H,29,30)(H,32,35). The number of hydrogen-bond donors (Lipinski definition) is 3. The zero-order valence-corrected chi connectivity index (χ0v) is 22.5. The van der Waals surface area contributed by atoms with Crippen molar-refractivity contribution in [3.63, 3.8) is 0 Å². The molecule has 1 aliphatic rings. The van der Waals surface area contributed by atoms with Gasteiger partial charge in [-0.25, -0.2) is 14.8 Å². The summed E-state index contributed by atoms with van der Waals surface area (Å²) in [7, 11) is 1.94. The van der Waals surface area contributed by atoms with Crippen LogP contribution in [0.2, 0.25) is 0 Å². The maximum Gasteiger partial charge on any atom is 0.328 e. The predicted octanol–water partition coefficient (Wildman–Crippen LogP) is 3.51. The van der Waals surface area contributed by atoms with Crippen molar-refractivity contribution >= 4 is 28.7 Å². The normalized spacial score (nSPS) is 14.9. The number of amides is 1. The van der Waals surface area contributed by atoms with Gasteiger partial charge >= 0.3 is 5.97 Å². The summed E-state index contributed by atoms with van der Waals surface area (Å²) in [5.74, 6) is 1.64. The molecule has 2 unspecified atom stereocenters. The Labute approximate surface area is 217 Å². The van der Waals surface area contributed by atoms with E-state index in [1.54, 1.807) is 19.9 Å². The number of ether oxygens (including phenoxy) is 1. The first kappa shape index (κ1) is 26.4. The zero-order valence-electron chi connectivity index (χ0n) is 22.5. The minimum absolute atomic E-state index is 0.0889. The number of carbonyl (C=O) groups excluding carboxylic acids is 2. The highest BCUT2D eigenvalue weighted by Crippen LogP contribution is 2.28. The number of fused-ring (bicyclic) bond motifs is 2. The van der Waals surface area contributed by atoms with Gasteiger partial charge in [0.2, 0.25) is 0 Å². The van der Waals surface area contributed by atoms with E-state index in [4.69, 9.17) is 20.1 Å². The van der Waals surface area contributed by atoms with E-state index in [2.05, 4.69) is 17.2 Å². The quantitative estimate of drug-likeness (QED) is 0.243. The fourth-order valence-corrected chi connectivity index (χ4v) is 4.84. The molecule has 0 spiro atoms. The largest absolute Gasteiger partial charge is 0.464 e. The lowest BCUT2D eigenvalue weighted by atomic mass is 10.0. The molecular weight excluding hydrogens is 470 g/mol. The Kier molecular flexibility index (Phi) is 7.65. The fourth-order valence-electron chi connectivity index (χ4n) is 4.84. The lowest BCUT2D eigenvalue weighted by molar-refractivity contribution is -0.145. The molecule has 3 aromatic rings. The van der Waals surface area contributed by atoms with Crippen molar-refractivity contribution in [2.45, 2.75) is 66.0 Å². The SMILES string of the molecule is CCOC(=O)C(CC(C)C)NC(=O)c1ccc2nc(C(C)c3nc4c([nH]3)CN(C(C)=N)CC4)n(C)c2c1. The molecule has 0 radical (unpaired) electrons. The van der Waals surface area contributed by atoms with Crippen LogP contribution in [-0.2, 0) is 29.5 Å². The molecule has 198 valence electrons. The van der Waals surface area contributed by atoms with Crippen molar-refractivity contribution < 1.29 is 14.3 Å². The Morgan fingerprint density at radius 3 is 2.68 bits per heavy atom. The molecule has 10 heteroatoms. The first-order valence-corrected chi connectivity index (χ1v) is 12.9. The van der Waals surface area contributed by atoms with Gasteiger partial charge in [-0.1, -0.05) is 13.8 Å². The Balaban J connectivity index is 1.57. The highest BCUT2D eigenvalue weighted by atomic mass is 16.5. The van der Waals surface area contributed by atoms with Crippen LogP contribution in [0.15, 0.2) is 18.2 Å². The van der Waals surface area contributed by atoms with Gasteiger partial charge in [0.15, 0.2) is 0 Å². The molecule has 3 heterocycles. The van der Waals surface area contributed by atoms with Crippen LogP contribution >= 0.6 is 0 Å². The fraction of sp³-hybridized carbons (Fsp3) is 0.519. The summed E-state index contributed by atoms with van der Waals surface area (Å²) in [5, 5.41) is 10.8. The first-order valence-electron chi connectivity index (χ1n) is 12.9. The van der Waals surface area contributed by atoms with Gasteiger partial charge in [-0.15, -0.1) is 0 Å². The number of hydrogen-bond acceptors (Lipinski definition) is 6. The molecule has 4 rings (SSSR count). The van der Waals surface area contributed by atoms with Crippen LogP contribution in [-0.4, -0.2) is 61.3 Å². The number of esters is 1. The number of imidazole rings is 2. The van der Waals surface area contributed by atoms with E-state index in [0.717, 1.165) is 47.0 Å². The number of H-pyrrole nitrogens is 1. The van der Waals surface area contributed by atoms with Gasteiger partial charge in [0.1, 0.15) is 17.7 Å². The van der Waals surface area contributed by atoms with E-state index in [-0.39, 0.29) is 24.3 Å². The average Bonchev–Trinajstić information content (AvgIpc) is 3.43. The predicted molar refractivity (Wildman–Crippen MR) is 142 cm³/mol. The van der Waals surface area contributed by atoms with Gasteiger partial charge in [0.25, 0.3) is 5.91 Å². The van der Waals surface area contributed by atoms with Gasteiger partial charge < -0.3 is 24.5 Å². The molecule has 1 aromatic carbocycles. The number of benzene rings is 1. The summed E-state index contributed by atoms with van der Waals surface area (Å²) in [6.07, 6.45) is 1.31. The summed E-state index contributed by atoms with van der Waals surface area (Å²) in [5.41, 5.74) is 4.17. The molecule has 2 aromatic heterocycles. The number of nitrogens with one attached hydrogen (secondary N) is 3. The molecule has 2 atom stereocenters. The van der Waals surface area contributed by atoms with E-state index in [9.17, 15) is 9.59 Å². The van der Waals surface area contributed by atoms with Crippen LogP contribution < -0.4 is 5.32 Å². The van der Waals surface area contributed by atoms with Crippen molar-refractivity contribution in [3.8, 4) is 0 Å². The molecule has 37 heavy (non-hydrogen) atoms. The molecule has 1 aliphatic heterocycles. The number of nitrogens with zero attached hydrogens (tertiary/aromatic N) is 4. The van der Waals surface area contributed by atoms with Gasteiger partial charge in [0.05, 0.1) is 47.3 Å². The summed E-state index contributed by atoms with van der Waals surface area (Å²) in [6, 6.07) is 4.68. The van der Waals surface area contributed by atoms with Crippen LogP contribution in [0, 0.1) is 11.3 Å². The average molecular weight is 508 g/mol. The first-order chi connectivity index (χ1) is 17.6. The number of aryl methyl sites for hydroxylation is 1. The van der Waals surface area contributed by atoms with Gasteiger partial charge in [-0.05, 0) is 51.3 Å². The minimum Gasteiger partial charge on any atom is -0.464 e. The van der Waals surface area contributed by atoms with Crippen LogP contribution in [0.25, 0.3) is 11.0 Å². The molecule has 0 saturated heterocycles. The topological polar surface area (TPSA) is 129 Å². The number of rotatable bonds is 8. The van der Waals surface area contributed by atoms with Crippen LogP contribution in [0.1, 0.15) is 80.4 Å². The van der Waals surface area contributed by atoms with Crippen LogP contribution in [0.5, 0.6) is 0 Å². The third-order valence-corrected chi connectivity index (χ3v) is 6.88. The lowest BCUT2D eigenvalue weighted by Crippen LogP contribution is -2.42. The molecule has 0 bridgehead atoms. The molecule has 0 aliphatic carbocycles. The Hall–Kier alpha value is -3.69. The lowest BCUT2D eigenvalue weighted by Gasteiger charge is -2.26. The second-order valence-corrected chi connectivity index (χ2v) is 10.2. The maximum absolute atomic E-state index is 13.1. The second kappa shape index (κ2) is 10.7. The Morgan fingerprint density at radius 2 is 2.00 bits per heavy atom. The summed E-state index contributed by atoms with van der Waals surface area (Å²) < 4.78 is 7.15. The Morgan fingerprint density at radius 1 is 1.24 bits per heavy atom. The van der Waals surface area contributed by atoms with E-state index >= 15 is 0 Å². The smallest absolute Gasteiger partial charge is 0.328 e. The number of amidine groups is 1. The maximum atomic E-state index is 13.1. The van der Waals surface area contributed by atoms with Gasteiger partial charge in [-0.3, -0.25) is 10.2 Å². The van der Waals surface area contributed by atoms with Gasteiger partial charge in [0, 0.05) is 25.6 Å². The van der Waals surface area contributed by atoms with Crippen molar-refractivity contribution in [2.24, 2.45) is 13.0 Å².